The van der Waals surface area contributed by atoms with E-state index >= 15 is 0 Å². The number of hydrogen-bond acceptors (Lipinski definition) is 4. The number of pyridine rings is 1. The Morgan fingerprint density at radius 1 is 1.47 bits per heavy atom. The number of aromatic hydroxyl groups is 1. The van der Waals surface area contributed by atoms with Crippen molar-refractivity contribution in [2.45, 2.75) is 0 Å². The lowest BCUT2D eigenvalue weighted by atomic mass is 10.2. The smallest absolute Gasteiger partial charge is 0.375 e. The van der Waals surface area contributed by atoms with Crippen LogP contribution < -0.4 is 5.56 Å². The largest absolute Gasteiger partial charge is 0.501 e. The number of nitrogens with zero attached hydrogens (tertiary/aromatic N) is 1. The molecule has 0 aliphatic carbocycles. The molecule has 0 atom stereocenters. The van der Waals surface area contributed by atoms with Crippen LogP contribution in [0.25, 0.3) is 10.9 Å². The van der Waals surface area contributed by atoms with E-state index in [0.717, 1.165) is 0 Å². The second kappa shape index (κ2) is 4.01. The number of fused-ring (bicyclic) bond motifs is 1. The molecule has 1 heterocycles. The molecular formula is C9H4BrClN2O4. The summed E-state index contributed by atoms with van der Waals surface area (Å²) in [5.74, 6) is -0.692. The Balaban J connectivity index is 2.97. The average Bonchev–Trinajstić information content (AvgIpc) is 2.21. The van der Waals surface area contributed by atoms with Gasteiger partial charge >= 0.3 is 11.2 Å². The molecule has 1 aromatic carbocycles. The molecule has 0 bridgehead atoms. The van der Waals surface area contributed by atoms with Gasteiger partial charge in [-0.25, -0.2) is 0 Å². The van der Waals surface area contributed by atoms with Crippen LogP contribution in [0.5, 0.6) is 5.75 Å². The minimum Gasteiger partial charge on any atom is -0.501 e. The Bertz CT molecular complexity index is 697. The van der Waals surface area contributed by atoms with E-state index in [2.05, 4.69) is 20.9 Å². The van der Waals surface area contributed by atoms with Crippen molar-refractivity contribution in [2.24, 2.45) is 0 Å². The highest BCUT2D eigenvalue weighted by Gasteiger charge is 2.22. The molecule has 0 saturated carbocycles. The highest BCUT2D eigenvalue weighted by Crippen LogP contribution is 2.34. The SMILES string of the molecule is O=c1[nH]c2cc(Br)c(Cl)cc2c(O)c1[N+](=O)[O-]. The topological polar surface area (TPSA) is 96.2 Å². The predicted molar refractivity (Wildman–Crippen MR) is 65.6 cm³/mol. The van der Waals surface area contributed by atoms with Gasteiger partial charge in [0, 0.05) is 9.86 Å². The van der Waals surface area contributed by atoms with Crippen LogP contribution in [0.15, 0.2) is 21.4 Å². The van der Waals surface area contributed by atoms with Crippen LogP contribution in [-0.2, 0) is 0 Å². The molecule has 2 aromatic rings. The minimum atomic E-state index is -0.964. The molecule has 0 radical (unpaired) electrons. The van der Waals surface area contributed by atoms with Crippen LogP contribution in [0.1, 0.15) is 0 Å². The number of benzene rings is 1. The number of nitrogens with one attached hydrogen (secondary N) is 1. The highest BCUT2D eigenvalue weighted by molar-refractivity contribution is 9.10. The first-order valence-electron chi connectivity index (χ1n) is 4.30. The van der Waals surface area contributed by atoms with Gasteiger partial charge in [-0.3, -0.25) is 14.9 Å². The summed E-state index contributed by atoms with van der Waals surface area (Å²) in [4.78, 5) is 23.4. The summed E-state index contributed by atoms with van der Waals surface area (Å²) in [7, 11) is 0. The Kier molecular flexibility index (Phi) is 2.80. The minimum absolute atomic E-state index is 0.115. The van der Waals surface area contributed by atoms with Gasteiger partial charge in [0.1, 0.15) is 0 Å². The molecule has 0 aliphatic heterocycles. The van der Waals surface area contributed by atoms with Crippen LogP contribution in [0, 0.1) is 10.1 Å². The second-order valence-corrected chi connectivity index (χ2v) is 4.48. The standard InChI is InChI=1S/C9H4BrClN2O4/c10-4-2-6-3(1-5(4)11)8(14)7(13(16)17)9(15)12-6/h1-2H,(H2,12,14,15). The quantitative estimate of drug-likeness (QED) is 0.623. The molecule has 0 fully saturated rings. The van der Waals surface area contributed by atoms with Gasteiger partial charge in [-0.15, -0.1) is 0 Å². The lowest BCUT2D eigenvalue weighted by Crippen LogP contribution is -2.11. The third kappa shape index (κ3) is 1.87. The molecule has 2 rings (SSSR count). The van der Waals surface area contributed by atoms with Gasteiger partial charge in [0.05, 0.1) is 15.5 Å². The molecule has 0 amide bonds. The third-order valence-corrected chi connectivity index (χ3v) is 3.38. The van der Waals surface area contributed by atoms with E-state index in [1.807, 2.05) is 0 Å². The van der Waals surface area contributed by atoms with Crippen LogP contribution in [0.4, 0.5) is 5.69 Å². The molecule has 0 unspecified atom stereocenters. The normalized spacial score (nSPS) is 10.7. The summed E-state index contributed by atoms with van der Waals surface area (Å²) in [6, 6.07) is 2.79. The molecule has 0 aliphatic rings. The van der Waals surface area contributed by atoms with Crippen LogP contribution >= 0.6 is 27.5 Å². The summed E-state index contributed by atoms with van der Waals surface area (Å²) >= 11 is 8.95. The van der Waals surface area contributed by atoms with Crippen molar-refractivity contribution in [3.05, 3.63) is 42.1 Å². The van der Waals surface area contributed by atoms with Crippen molar-refractivity contribution in [3.8, 4) is 5.75 Å². The number of halogens is 2. The van der Waals surface area contributed by atoms with Crippen molar-refractivity contribution in [3.63, 3.8) is 0 Å². The monoisotopic (exact) mass is 318 g/mol. The fourth-order valence-electron chi connectivity index (χ4n) is 1.43. The van der Waals surface area contributed by atoms with Crippen molar-refractivity contribution in [2.75, 3.05) is 0 Å². The van der Waals surface area contributed by atoms with E-state index in [1.54, 1.807) is 0 Å². The maximum Gasteiger partial charge on any atom is 0.375 e. The summed E-state index contributed by atoms with van der Waals surface area (Å²) in [6.45, 7) is 0. The fraction of sp³-hybridized carbons (Fsp3) is 0. The lowest BCUT2D eigenvalue weighted by Gasteiger charge is -2.03. The van der Waals surface area contributed by atoms with Gasteiger partial charge in [0.2, 0.25) is 5.75 Å². The summed E-state index contributed by atoms with van der Waals surface area (Å²) < 4.78 is 0.510. The molecule has 8 heteroatoms. The van der Waals surface area contributed by atoms with Gasteiger partial charge in [-0.05, 0) is 28.1 Å². The predicted octanol–water partition coefficient (Wildman–Crippen LogP) is 2.56. The molecule has 0 spiro atoms. The van der Waals surface area contributed by atoms with Gasteiger partial charge in [0.25, 0.3) is 0 Å². The number of rotatable bonds is 1. The number of nitro groups is 1. The Morgan fingerprint density at radius 2 is 2.12 bits per heavy atom. The maximum atomic E-state index is 11.4. The number of hydrogen-bond donors (Lipinski definition) is 2. The average molecular weight is 319 g/mol. The van der Waals surface area contributed by atoms with Crippen molar-refractivity contribution >= 4 is 44.1 Å². The van der Waals surface area contributed by atoms with E-state index in [4.69, 9.17) is 11.6 Å². The first-order valence-corrected chi connectivity index (χ1v) is 5.47. The Labute approximate surface area is 107 Å². The molecule has 1 aromatic heterocycles. The molecule has 88 valence electrons. The van der Waals surface area contributed by atoms with Gasteiger partial charge in [-0.2, -0.15) is 0 Å². The summed E-state index contributed by atoms with van der Waals surface area (Å²) in [5.41, 5.74) is -1.60. The van der Waals surface area contributed by atoms with Crippen LogP contribution in [0.2, 0.25) is 5.02 Å². The maximum absolute atomic E-state index is 11.4. The highest BCUT2D eigenvalue weighted by atomic mass is 79.9. The third-order valence-electron chi connectivity index (χ3n) is 2.19. The molecule has 2 N–H and O–H groups in total. The molecular weight excluding hydrogens is 315 g/mol. The van der Waals surface area contributed by atoms with Crippen LogP contribution in [-0.4, -0.2) is 15.0 Å². The van der Waals surface area contributed by atoms with E-state index in [9.17, 15) is 20.0 Å². The fourth-order valence-corrected chi connectivity index (χ4v) is 1.94. The van der Waals surface area contributed by atoms with E-state index in [0.29, 0.717) is 4.47 Å². The Hall–Kier alpha value is -1.60. The van der Waals surface area contributed by atoms with E-state index in [-0.39, 0.29) is 15.9 Å². The zero-order chi connectivity index (χ0) is 12.7. The second-order valence-electron chi connectivity index (χ2n) is 3.22. The lowest BCUT2D eigenvalue weighted by molar-refractivity contribution is -0.387. The van der Waals surface area contributed by atoms with E-state index < -0.39 is 21.9 Å². The molecule has 6 nitrogen and oxygen atoms in total. The zero-order valence-electron chi connectivity index (χ0n) is 8.03. The zero-order valence-corrected chi connectivity index (χ0v) is 10.4. The first kappa shape index (κ1) is 11.9. The van der Waals surface area contributed by atoms with Crippen molar-refractivity contribution < 1.29 is 10.0 Å². The molecule has 0 saturated heterocycles. The first-order chi connectivity index (χ1) is 7.91. The van der Waals surface area contributed by atoms with Crippen molar-refractivity contribution in [1.82, 2.24) is 4.98 Å². The van der Waals surface area contributed by atoms with Gasteiger partial charge in [0.15, 0.2) is 0 Å². The van der Waals surface area contributed by atoms with Crippen LogP contribution in [0.3, 0.4) is 0 Å². The van der Waals surface area contributed by atoms with Crippen molar-refractivity contribution in [1.29, 1.82) is 0 Å². The molecule has 17 heavy (non-hydrogen) atoms. The number of aromatic nitrogens is 1. The summed E-state index contributed by atoms with van der Waals surface area (Å²) in [5, 5.41) is 20.7. The van der Waals surface area contributed by atoms with Gasteiger partial charge < -0.3 is 10.1 Å². The Morgan fingerprint density at radius 3 is 2.71 bits per heavy atom. The van der Waals surface area contributed by atoms with E-state index in [1.165, 1.54) is 12.1 Å². The number of H-pyrrole nitrogens is 1. The van der Waals surface area contributed by atoms with Gasteiger partial charge in [-0.1, -0.05) is 11.6 Å². The summed E-state index contributed by atoms with van der Waals surface area (Å²) in [6.07, 6.45) is 0. The number of aromatic amines is 1.